The molecule has 1 heterocycles. The van der Waals surface area contributed by atoms with E-state index in [2.05, 4.69) is 10.5 Å². The van der Waals surface area contributed by atoms with E-state index in [-0.39, 0.29) is 11.7 Å². The summed E-state index contributed by atoms with van der Waals surface area (Å²) >= 11 is 0. The first-order chi connectivity index (χ1) is 12.2. The Morgan fingerprint density at radius 1 is 1.12 bits per heavy atom. The molecule has 0 atom stereocenters. The van der Waals surface area contributed by atoms with E-state index in [0.717, 1.165) is 17.1 Å². The van der Waals surface area contributed by atoms with E-state index >= 15 is 0 Å². The van der Waals surface area contributed by atoms with Crippen LogP contribution in [0.3, 0.4) is 0 Å². The molecule has 0 radical (unpaired) electrons. The van der Waals surface area contributed by atoms with Crippen molar-refractivity contribution in [3.05, 3.63) is 78.1 Å². The Morgan fingerprint density at radius 2 is 1.84 bits per heavy atom. The van der Waals surface area contributed by atoms with Crippen LogP contribution in [0, 0.1) is 0 Å². The van der Waals surface area contributed by atoms with Gasteiger partial charge < -0.3 is 14.4 Å². The van der Waals surface area contributed by atoms with Gasteiger partial charge in [0, 0.05) is 17.4 Å². The number of carbonyl (C=O) groups excluding carboxylic acids is 1. The summed E-state index contributed by atoms with van der Waals surface area (Å²) in [6.07, 6.45) is 3.48. The van der Waals surface area contributed by atoms with Crippen LogP contribution in [-0.2, 0) is 0 Å². The van der Waals surface area contributed by atoms with Gasteiger partial charge in [0.2, 0.25) is 0 Å². The molecule has 0 aliphatic carbocycles. The van der Waals surface area contributed by atoms with Crippen molar-refractivity contribution in [2.45, 2.75) is 0 Å². The molecule has 0 saturated carbocycles. The fourth-order valence-electron chi connectivity index (χ4n) is 2.31. The second-order valence-electron chi connectivity index (χ2n) is 5.25. The van der Waals surface area contributed by atoms with Crippen molar-refractivity contribution in [1.82, 2.24) is 9.99 Å². The molecular weight excluding hydrogens is 318 g/mol. The maximum Gasteiger partial charge on any atom is 0.271 e. The predicted molar refractivity (Wildman–Crippen MR) is 95.5 cm³/mol. The molecule has 6 heteroatoms. The van der Waals surface area contributed by atoms with Crippen LogP contribution in [0.25, 0.3) is 5.69 Å². The number of nitrogens with one attached hydrogen (secondary N) is 1. The molecule has 3 aromatic rings. The maximum absolute atomic E-state index is 12.0. The number of rotatable bonds is 5. The first-order valence-corrected chi connectivity index (χ1v) is 7.61. The van der Waals surface area contributed by atoms with Gasteiger partial charge in [-0.05, 0) is 60.7 Å². The minimum Gasteiger partial charge on any atom is -0.508 e. The van der Waals surface area contributed by atoms with Crippen LogP contribution in [0.15, 0.2) is 72.0 Å². The number of benzene rings is 2. The Balaban J connectivity index is 1.71. The van der Waals surface area contributed by atoms with Crippen LogP contribution in [0.1, 0.15) is 16.1 Å². The summed E-state index contributed by atoms with van der Waals surface area (Å²) in [4.78, 5) is 12.0. The van der Waals surface area contributed by atoms with Crippen LogP contribution in [-0.4, -0.2) is 28.9 Å². The number of phenolic OH excluding ortho intramolecular Hbond substituents is 1. The van der Waals surface area contributed by atoms with Gasteiger partial charge in [-0.3, -0.25) is 4.79 Å². The fraction of sp³-hybridized carbons (Fsp3) is 0.0526. The number of phenols is 1. The number of ether oxygens (including phenoxy) is 1. The van der Waals surface area contributed by atoms with Crippen molar-refractivity contribution in [2.24, 2.45) is 5.10 Å². The summed E-state index contributed by atoms with van der Waals surface area (Å²) in [5, 5.41) is 13.2. The van der Waals surface area contributed by atoms with Crippen molar-refractivity contribution in [3.8, 4) is 17.2 Å². The molecule has 1 amide bonds. The largest absolute Gasteiger partial charge is 0.508 e. The van der Waals surface area contributed by atoms with Gasteiger partial charge in [-0.15, -0.1) is 0 Å². The second-order valence-corrected chi connectivity index (χ2v) is 5.25. The minimum absolute atomic E-state index is 0.109. The maximum atomic E-state index is 12.0. The molecule has 0 bridgehead atoms. The quantitative estimate of drug-likeness (QED) is 0.556. The van der Waals surface area contributed by atoms with E-state index in [1.165, 1.54) is 24.3 Å². The molecule has 25 heavy (non-hydrogen) atoms. The predicted octanol–water partition coefficient (Wildman–Crippen LogP) is 2.96. The Labute approximate surface area is 145 Å². The lowest BCUT2D eigenvalue weighted by Crippen LogP contribution is -2.17. The van der Waals surface area contributed by atoms with Gasteiger partial charge in [0.25, 0.3) is 5.91 Å². The third kappa shape index (κ3) is 3.87. The number of hydrazone groups is 1. The molecule has 126 valence electrons. The molecule has 0 fully saturated rings. The summed E-state index contributed by atoms with van der Waals surface area (Å²) in [6.45, 7) is 0. The van der Waals surface area contributed by atoms with Gasteiger partial charge in [-0.25, -0.2) is 5.43 Å². The normalized spacial score (nSPS) is 10.8. The molecule has 2 aromatic carbocycles. The van der Waals surface area contributed by atoms with Gasteiger partial charge >= 0.3 is 0 Å². The van der Waals surface area contributed by atoms with Crippen LogP contribution in [0.4, 0.5) is 0 Å². The zero-order chi connectivity index (χ0) is 17.6. The van der Waals surface area contributed by atoms with E-state index < -0.39 is 0 Å². The number of aromatic nitrogens is 1. The van der Waals surface area contributed by atoms with E-state index in [1.54, 1.807) is 13.3 Å². The smallest absolute Gasteiger partial charge is 0.271 e. The number of hydrogen-bond donors (Lipinski definition) is 2. The molecule has 0 saturated heterocycles. The highest BCUT2D eigenvalue weighted by atomic mass is 16.5. The number of nitrogens with zero attached hydrogens (tertiary/aromatic N) is 2. The number of carbonyl (C=O) groups is 1. The molecule has 1 aromatic heterocycles. The van der Waals surface area contributed by atoms with Gasteiger partial charge in [0.15, 0.2) is 0 Å². The zero-order valence-corrected chi connectivity index (χ0v) is 13.6. The number of methoxy groups -OCH3 is 1. The van der Waals surface area contributed by atoms with Crippen LogP contribution in [0.2, 0.25) is 0 Å². The van der Waals surface area contributed by atoms with Gasteiger partial charge in [0.05, 0.1) is 19.0 Å². The minimum atomic E-state index is -0.348. The number of aromatic hydroxyl groups is 1. The monoisotopic (exact) mass is 335 g/mol. The van der Waals surface area contributed by atoms with Gasteiger partial charge in [0.1, 0.15) is 11.5 Å². The van der Waals surface area contributed by atoms with Crippen molar-refractivity contribution >= 4 is 12.1 Å². The molecule has 2 N–H and O–H groups in total. The Morgan fingerprint density at radius 3 is 2.52 bits per heavy atom. The summed E-state index contributed by atoms with van der Waals surface area (Å²) < 4.78 is 7.10. The third-order valence-electron chi connectivity index (χ3n) is 3.62. The van der Waals surface area contributed by atoms with E-state index in [1.807, 2.05) is 47.2 Å². The first-order valence-electron chi connectivity index (χ1n) is 7.61. The lowest BCUT2D eigenvalue weighted by molar-refractivity contribution is 0.0955. The van der Waals surface area contributed by atoms with Crippen molar-refractivity contribution < 1.29 is 14.6 Å². The average Bonchev–Trinajstić information content (AvgIpc) is 3.11. The highest BCUT2D eigenvalue weighted by molar-refractivity contribution is 5.94. The van der Waals surface area contributed by atoms with Crippen LogP contribution in [0.5, 0.6) is 11.5 Å². The number of hydrogen-bond acceptors (Lipinski definition) is 4. The molecule has 0 aliphatic rings. The molecule has 0 spiro atoms. The molecular formula is C19H17N3O3. The average molecular weight is 335 g/mol. The Hall–Kier alpha value is -3.54. The van der Waals surface area contributed by atoms with Crippen molar-refractivity contribution in [2.75, 3.05) is 7.11 Å². The van der Waals surface area contributed by atoms with Gasteiger partial charge in [-0.1, -0.05) is 0 Å². The van der Waals surface area contributed by atoms with Gasteiger partial charge in [-0.2, -0.15) is 5.10 Å². The van der Waals surface area contributed by atoms with Crippen LogP contribution >= 0.6 is 0 Å². The second kappa shape index (κ2) is 7.35. The fourth-order valence-corrected chi connectivity index (χ4v) is 2.31. The highest BCUT2D eigenvalue weighted by Gasteiger charge is 2.04. The highest BCUT2D eigenvalue weighted by Crippen LogP contribution is 2.16. The summed E-state index contributed by atoms with van der Waals surface area (Å²) in [7, 11) is 1.62. The van der Waals surface area contributed by atoms with E-state index in [4.69, 9.17) is 4.74 Å². The first kappa shape index (κ1) is 16.3. The lowest BCUT2D eigenvalue weighted by Gasteiger charge is -2.07. The number of amides is 1. The van der Waals surface area contributed by atoms with E-state index in [0.29, 0.717) is 5.56 Å². The third-order valence-corrected chi connectivity index (χ3v) is 3.62. The summed E-state index contributed by atoms with van der Waals surface area (Å²) in [5.41, 5.74) is 4.66. The molecule has 0 aliphatic heterocycles. The van der Waals surface area contributed by atoms with E-state index in [9.17, 15) is 9.90 Å². The standard InChI is InChI=1S/C19H17N3O3/c1-25-18-10-6-15(7-11-18)22-12-2-3-16(22)13-20-21-19(24)14-4-8-17(23)9-5-14/h2-13,23H,1H3,(H,21,24)/b20-13+. The lowest BCUT2D eigenvalue weighted by atomic mass is 10.2. The summed E-state index contributed by atoms with van der Waals surface area (Å²) in [6, 6.07) is 17.4. The zero-order valence-electron chi connectivity index (χ0n) is 13.6. The Bertz CT molecular complexity index is 881. The topological polar surface area (TPSA) is 75.8 Å². The summed E-state index contributed by atoms with van der Waals surface area (Å²) in [5.74, 6) is 0.545. The van der Waals surface area contributed by atoms with Crippen molar-refractivity contribution in [3.63, 3.8) is 0 Å². The Kier molecular flexibility index (Phi) is 4.80. The molecule has 0 unspecified atom stereocenters. The van der Waals surface area contributed by atoms with Crippen molar-refractivity contribution in [1.29, 1.82) is 0 Å². The molecule has 3 rings (SSSR count). The molecule has 6 nitrogen and oxygen atoms in total. The SMILES string of the molecule is COc1ccc(-n2cccc2/C=N/NC(=O)c2ccc(O)cc2)cc1. The van der Waals surface area contributed by atoms with Crippen LogP contribution < -0.4 is 10.2 Å².